The third kappa shape index (κ3) is 4.45. The van der Waals surface area contributed by atoms with Gasteiger partial charge < -0.3 is 9.84 Å². The van der Waals surface area contributed by atoms with Gasteiger partial charge in [-0.15, -0.1) is 0 Å². The second kappa shape index (κ2) is 8.29. The van der Waals surface area contributed by atoms with Crippen LogP contribution < -0.4 is 9.64 Å². The fourth-order valence-electron chi connectivity index (χ4n) is 2.71. The van der Waals surface area contributed by atoms with Gasteiger partial charge in [-0.25, -0.2) is 0 Å². The Morgan fingerprint density at radius 2 is 1.52 bits per heavy atom. The number of halogens is 1. The van der Waals surface area contributed by atoms with Gasteiger partial charge in [0, 0.05) is 5.02 Å². The van der Waals surface area contributed by atoms with Gasteiger partial charge in [-0.3, -0.25) is 9.69 Å². The van der Waals surface area contributed by atoms with Crippen LogP contribution in [-0.4, -0.2) is 15.3 Å². The number of hydrogen-bond acceptors (Lipinski definition) is 5. The molecular formula is C22H14ClNO3S2. The monoisotopic (exact) mass is 439 g/mol. The number of phenolic OH excluding ortho intramolecular Hbond substituents is 1. The van der Waals surface area contributed by atoms with Crippen LogP contribution in [0.1, 0.15) is 5.56 Å². The summed E-state index contributed by atoms with van der Waals surface area (Å²) in [6, 6.07) is 20.9. The Labute approximate surface area is 182 Å². The van der Waals surface area contributed by atoms with E-state index >= 15 is 0 Å². The number of benzene rings is 3. The van der Waals surface area contributed by atoms with Gasteiger partial charge in [-0.2, -0.15) is 0 Å². The Morgan fingerprint density at radius 3 is 2.14 bits per heavy atom. The molecule has 4 rings (SSSR count). The van der Waals surface area contributed by atoms with Crippen LogP contribution in [0.3, 0.4) is 0 Å². The van der Waals surface area contributed by atoms with Crippen molar-refractivity contribution in [3.05, 3.63) is 88.3 Å². The minimum Gasteiger partial charge on any atom is -0.508 e. The van der Waals surface area contributed by atoms with Crippen molar-refractivity contribution in [1.29, 1.82) is 0 Å². The molecule has 29 heavy (non-hydrogen) atoms. The lowest BCUT2D eigenvalue weighted by Gasteiger charge is -2.15. The van der Waals surface area contributed by atoms with E-state index in [2.05, 4.69) is 0 Å². The van der Waals surface area contributed by atoms with Crippen LogP contribution in [0.15, 0.2) is 77.7 Å². The summed E-state index contributed by atoms with van der Waals surface area (Å²) in [5.74, 6) is 1.31. The molecule has 1 aliphatic rings. The number of rotatable bonds is 4. The maximum atomic E-state index is 12.9. The average Bonchev–Trinajstić information content (AvgIpc) is 2.99. The molecule has 3 aromatic rings. The molecule has 1 heterocycles. The number of nitrogens with zero attached hydrogens (tertiary/aromatic N) is 1. The topological polar surface area (TPSA) is 49.8 Å². The Hall–Kier alpha value is -2.80. The van der Waals surface area contributed by atoms with Crippen molar-refractivity contribution in [3.8, 4) is 17.2 Å². The smallest absolute Gasteiger partial charge is 0.270 e. The van der Waals surface area contributed by atoms with Crippen LogP contribution in [0.25, 0.3) is 6.08 Å². The zero-order valence-corrected chi connectivity index (χ0v) is 17.3. The molecule has 7 heteroatoms. The quantitative estimate of drug-likeness (QED) is 0.385. The molecule has 1 saturated heterocycles. The predicted molar refractivity (Wildman–Crippen MR) is 122 cm³/mol. The summed E-state index contributed by atoms with van der Waals surface area (Å²) in [7, 11) is 0. The minimum atomic E-state index is -0.181. The maximum Gasteiger partial charge on any atom is 0.270 e. The summed E-state index contributed by atoms with van der Waals surface area (Å²) >= 11 is 12.5. The van der Waals surface area contributed by atoms with Crippen LogP contribution in [-0.2, 0) is 4.79 Å². The number of thioether (sulfide) groups is 1. The minimum absolute atomic E-state index is 0.176. The Balaban J connectivity index is 1.51. The van der Waals surface area contributed by atoms with Crippen molar-refractivity contribution >= 4 is 57.6 Å². The molecule has 0 saturated carbocycles. The number of thiocarbonyl (C=S) groups is 1. The normalized spacial score (nSPS) is 15.2. The Kier molecular flexibility index (Phi) is 5.58. The number of carbonyl (C=O) groups is 1. The molecule has 0 radical (unpaired) electrons. The summed E-state index contributed by atoms with van der Waals surface area (Å²) in [5, 5.41) is 10.0. The first-order valence-corrected chi connectivity index (χ1v) is 10.2. The highest BCUT2D eigenvalue weighted by atomic mass is 35.5. The van der Waals surface area contributed by atoms with Crippen LogP contribution in [0.2, 0.25) is 5.02 Å². The summed E-state index contributed by atoms with van der Waals surface area (Å²) in [6.45, 7) is 0. The third-order valence-electron chi connectivity index (χ3n) is 4.13. The number of hydrogen-bond donors (Lipinski definition) is 1. The van der Waals surface area contributed by atoms with E-state index in [0.29, 0.717) is 31.4 Å². The van der Waals surface area contributed by atoms with E-state index in [-0.39, 0.29) is 11.7 Å². The second-order valence-electron chi connectivity index (χ2n) is 6.16. The molecule has 0 bridgehead atoms. The van der Waals surface area contributed by atoms with E-state index in [1.165, 1.54) is 16.7 Å². The van der Waals surface area contributed by atoms with Crippen molar-refractivity contribution in [2.24, 2.45) is 0 Å². The number of aromatic hydroxyl groups is 1. The molecule has 144 valence electrons. The van der Waals surface area contributed by atoms with Gasteiger partial charge in [0.05, 0.1) is 10.6 Å². The van der Waals surface area contributed by atoms with Crippen LogP contribution >= 0.6 is 35.6 Å². The second-order valence-corrected chi connectivity index (χ2v) is 8.27. The van der Waals surface area contributed by atoms with Crippen LogP contribution in [0, 0.1) is 0 Å². The van der Waals surface area contributed by atoms with Gasteiger partial charge in [0.25, 0.3) is 5.91 Å². The molecule has 1 fully saturated rings. The maximum absolute atomic E-state index is 12.9. The molecular weight excluding hydrogens is 426 g/mol. The first kappa shape index (κ1) is 19.5. The van der Waals surface area contributed by atoms with Gasteiger partial charge >= 0.3 is 0 Å². The van der Waals surface area contributed by atoms with E-state index in [1.54, 1.807) is 78.9 Å². The van der Waals surface area contributed by atoms with Crippen molar-refractivity contribution in [2.75, 3.05) is 4.90 Å². The standard InChI is InChI=1S/C22H14ClNO3S2/c23-15-3-9-18(10-4-15)27-19-11-5-16(6-12-19)24-21(26)20(29-22(24)28)13-14-1-7-17(25)8-2-14/h1-13,25H/b20-13-. The number of phenols is 1. The zero-order valence-electron chi connectivity index (χ0n) is 14.9. The van der Waals surface area contributed by atoms with Gasteiger partial charge in [-0.05, 0) is 72.3 Å². The average molecular weight is 440 g/mol. The molecule has 0 atom stereocenters. The van der Waals surface area contributed by atoms with E-state index in [0.717, 1.165) is 5.56 Å². The van der Waals surface area contributed by atoms with Gasteiger partial charge in [0.1, 0.15) is 17.2 Å². The molecule has 3 aromatic carbocycles. The number of amides is 1. The Bertz CT molecular complexity index is 1090. The molecule has 1 amide bonds. The van der Waals surface area contributed by atoms with Gasteiger partial charge in [-0.1, -0.05) is 47.7 Å². The number of ether oxygens (including phenoxy) is 1. The Morgan fingerprint density at radius 1 is 0.931 bits per heavy atom. The largest absolute Gasteiger partial charge is 0.508 e. The molecule has 0 aromatic heterocycles. The highest BCUT2D eigenvalue weighted by Crippen LogP contribution is 2.37. The van der Waals surface area contributed by atoms with Crippen molar-refractivity contribution in [2.45, 2.75) is 0 Å². The first-order valence-electron chi connectivity index (χ1n) is 8.60. The predicted octanol–water partition coefficient (Wildman–Crippen LogP) is 6.24. The van der Waals surface area contributed by atoms with Gasteiger partial charge in [0.2, 0.25) is 0 Å². The molecule has 1 N–H and O–H groups in total. The van der Waals surface area contributed by atoms with Gasteiger partial charge in [0.15, 0.2) is 4.32 Å². The highest BCUT2D eigenvalue weighted by Gasteiger charge is 2.33. The van der Waals surface area contributed by atoms with Crippen LogP contribution in [0.4, 0.5) is 5.69 Å². The number of carbonyl (C=O) groups excluding carboxylic acids is 1. The zero-order chi connectivity index (χ0) is 20.4. The van der Waals surface area contributed by atoms with Crippen molar-refractivity contribution in [3.63, 3.8) is 0 Å². The molecule has 0 spiro atoms. The fraction of sp³-hybridized carbons (Fsp3) is 0. The molecule has 4 nitrogen and oxygen atoms in total. The van der Waals surface area contributed by atoms with Crippen LogP contribution in [0.5, 0.6) is 17.2 Å². The lowest BCUT2D eigenvalue weighted by atomic mass is 10.2. The summed E-state index contributed by atoms with van der Waals surface area (Å²) in [5.41, 5.74) is 1.49. The molecule has 1 aliphatic heterocycles. The summed E-state index contributed by atoms with van der Waals surface area (Å²) in [6.07, 6.45) is 1.76. The fourth-order valence-corrected chi connectivity index (χ4v) is 4.14. The summed E-state index contributed by atoms with van der Waals surface area (Å²) < 4.78 is 6.25. The third-order valence-corrected chi connectivity index (χ3v) is 5.68. The lowest BCUT2D eigenvalue weighted by Crippen LogP contribution is -2.27. The lowest BCUT2D eigenvalue weighted by molar-refractivity contribution is -0.113. The van der Waals surface area contributed by atoms with E-state index in [1.807, 2.05) is 0 Å². The first-order chi connectivity index (χ1) is 14.0. The number of anilines is 1. The highest BCUT2D eigenvalue weighted by molar-refractivity contribution is 8.27. The van der Waals surface area contributed by atoms with E-state index < -0.39 is 0 Å². The molecule has 0 aliphatic carbocycles. The van der Waals surface area contributed by atoms with Crippen molar-refractivity contribution in [1.82, 2.24) is 0 Å². The van der Waals surface area contributed by atoms with Crippen molar-refractivity contribution < 1.29 is 14.6 Å². The van der Waals surface area contributed by atoms with E-state index in [9.17, 15) is 9.90 Å². The molecule has 0 unspecified atom stereocenters. The van der Waals surface area contributed by atoms with E-state index in [4.69, 9.17) is 28.6 Å². The SMILES string of the molecule is O=C1/C(=C/c2ccc(O)cc2)SC(=S)N1c1ccc(Oc2ccc(Cl)cc2)cc1. The summed E-state index contributed by atoms with van der Waals surface area (Å²) in [4.78, 5) is 14.9.